The normalized spacial score (nSPS) is 15.3. The number of nitrogen functional groups attached to an aromatic ring is 1. The van der Waals surface area contributed by atoms with Gasteiger partial charge in [0.05, 0.1) is 5.92 Å². The number of aliphatic carboxylic acids is 1. The van der Waals surface area contributed by atoms with Gasteiger partial charge >= 0.3 is 5.97 Å². The van der Waals surface area contributed by atoms with Crippen LogP contribution in [0.15, 0.2) is 36.0 Å². The van der Waals surface area contributed by atoms with Crippen LogP contribution in [0.4, 0.5) is 5.69 Å². The number of likely N-dealkylation sites (tertiary alicyclic amines) is 1. The first-order valence-electron chi connectivity index (χ1n) is 7.71. The van der Waals surface area contributed by atoms with Crippen LogP contribution in [0.3, 0.4) is 0 Å². The van der Waals surface area contributed by atoms with E-state index in [1.165, 1.54) is 17.0 Å². The van der Waals surface area contributed by atoms with Gasteiger partial charge in [0, 0.05) is 30.5 Å². The Hall–Kier alpha value is -3.34. The number of piperidine rings is 1. The Bertz CT molecular complexity index is 741. The number of benzene rings is 1. The molecular formula is C17H18N4O4. The minimum atomic E-state index is -0.876. The first kappa shape index (κ1) is 18.0. The molecule has 4 N–H and O–H groups in total. The third-order valence-electron chi connectivity index (χ3n) is 4.00. The molecule has 1 aromatic rings. The summed E-state index contributed by atoms with van der Waals surface area (Å²) in [6, 6.07) is 7.97. The summed E-state index contributed by atoms with van der Waals surface area (Å²) >= 11 is 0. The summed E-state index contributed by atoms with van der Waals surface area (Å²) in [6.07, 6.45) is 1.76. The summed E-state index contributed by atoms with van der Waals surface area (Å²) in [5, 5.41) is 20.5. The summed E-state index contributed by atoms with van der Waals surface area (Å²) in [5.74, 6) is -2.34. The quantitative estimate of drug-likeness (QED) is 0.419. The summed E-state index contributed by atoms with van der Waals surface area (Å²) in [4.78, 5) is 36.7. The number of carbonyl (C=O) groups excluding carboxylic acids is 2. The minimum absolute atomic E-state index is 0.211. The van der Waals surface area contributed by atoms with Gasteiger partial charge in [-0.15, -0.1) is 0 Å². The fourth-order valence-electron chi connectivity index (χ4n) is 2.50. The molecule has 0 unspecified atom stereocenters. The van der Waals surface area contributed by atoms with E-state index < -0.39 is 23.7 Å². The Morgan fingerprint density at radius 2 is 1.84 bits per heavy atom. The average molecular weight is 342 g/mol. The van der Waals surface area contributed by atoms with Crippen LogP contribution in [-0.4, -0.2) is 40.9 Å². The van der Waals surface area contributed by atoms with Crippen molar-refractivity contribution in [1.82, 2.24) is 10.2 Å². The number of hydrogen-bond acceptors (Lipinski definition) is 5. The van der Waals surface area contributed by atoms with E-state index in [-0.39, 0.29) is 18.7 Å². The molecule has 0 saturated carbocycles. The molecule has 1 aliphatic heterocycles. The summed E-state index contributed by atoms with van der Waals surface area (Å²) in [7, 11) is 0. The van der Waals surface area contributed by atoms with Gasteiger partial charge in [-0.25, -0.2) is 0 Å². The van der Waals surface area contributed by atoms with Crippen molar-refractivity contribution < 1.29 is 19.5 Å². The Kier molecular flexibility index (Phi) is 5.74. The highest BCUT2D eigenvalue weighted by molar-refractivity contribution is 5.99. The highest BCUT2D eigenvalue weighted by Gasteiger charge is 2.28. The monoisotopic (exact) mass is 342 g/mol. The van der Waals surface area contributed by atoms with Crippen molar-refractivity contribution in [3.05, 3.63) is 41.6 Å². The van der Waals surface area contributed by atoms with Crippen molar-refractivity contribution in [1.29, 1.82) is 5.26 Å². The topological polar surface area (TPSA) is 137 Å². The number of nitrogens with one attached hydrogen (secondary N) is 1. The molecule has 1 saturated heterocycles. The van der Waals surface area contributed by atoms with Crippen molar-refractivity contribution in [2.75, 3.05) is 18.8 Å². The maximum atomic E-state index is 12.3. The largest absolute Gasteiger partial charge is 0.481 e. The van der Waals surface area contributed by atoms with Crippen molar-refractivity contribution in [3.8, 4) is 6.07 Å². The van der Waals surface area contributed by atoms with Crippen LogP contribution in [0.5, 0.6) is 0 Å². The van der Waals surface area contributed by atoms with E-state index in [2.05, 4.69) is 5.32 Å². The molecule has 25 heavy (non-hydrogen) atoms. The van der Waals surface area contributed by atoms with Crippen molar-refractivity contribution in [3.63, 3.8) is 0 Å². The van der Waals surface area contributed by atoms with Crippen LogP contribution < -0.4 is 11.1 Å². The first-order valence-corrected chi connectivity index (χ1v) is 7.71. The number of carboxylic acid groups (broad SMARTS) is 1. The molecule has 8 nitrogen and oxygen atoms in total. The fourth-order valence-corrected chi connectivity index (χ4v) is 2.50. The molecular weight excluding hydrogens is 324 g/mol. The molecule has 0 bridgehead atoms. The van der Waals surface area contributed by atoms with Gasteiger partial charge < -0.3 is 21.1 Å². The molecule has 0 aliphatic carbocycles. The minimum Gasteiger partial charge on any atom is -0.481 e. The number of nitrogens with two attached hydrogens (primary N) is 1. The SMILES string of the molecule is N#C/C(=C/NC(=O)c1ccc(N)cc1)C(=O)N1CCC(C(=O)O)CC1. The number of hydrogen-bond donors (Lipinski definition) is 3. The molecule has 0 atom stereocenters. The zero-order chi connectivity index (χ0) is 18.4. The first-order chi connectivity index (χ1) is 11.9. The lowest BCUT2D eigenvalue weighted by atomic mass is 9.97. The molecule has 1 heterocycles. The standard InChI is InChI=1S/C17H18N4O4/c18-9-13(10-20-15(22)11-1-3-14(19)4-2-11)16(23)21-7-5-12(6-8-21)17(24)25/h1-4,10,12H,5-8,19H2,(H,20,22)(H,24,25)/b13-10-. The van der Waals surface area contributed by atoms with E-state index in [0.29, 0.717) is 24.1 Å². The average Bonchev–Trinajstić information content (AvgIpc) is 2.62. The van der Waals surface area contributed by atoms with Crippen LogP contribution in [0.2, 0.25) is 0 Å². The third-order valence-corrected chi connectivity index (χ3v) is 4.00. The third kappa shape index (κ3) is 4.57. The highest BCUT2D eigenvalue weighted by atomic mass is 16.4. The molecule has 1 aromatic carbocycles. The Morgan fingerprint density at radius 3 is 2.36 bits per heavy atom. The van der Waals surface area contributed by atoms with Crippen LogP contribution in [0.25, 0.3) is 0 Å². The zero-order valence-corrected chi connectivity index (χ0v) is 13.4. The van der Waals surface area contributed by atoms with Gasteiger partial charge in [0.2, 0.25) is 0 Å². The molecule has 0 radical (unpaired) electrons. The smallest absolute Gasteiger partial charge is 0.306 e. The predicted octanol–water partition coefficient (Wildman–Crippen LogP) is 0.729. The number of carbonyl (C=O) groups is 3. The van der Waals surface area contributed by atoms with Crippen LogP contribution in [-0.2, 0) is 9.59 Å². The van der Waals surface area contributed by atoms with Crippen molar-refractivity contribution in [2.24, 2.45) is 5.92 Å². The van der Waals surface area contributed by atoms with Gasteiger partial charge in [-0.1, -0.05) is 0 Å². The molecule has 2 rings (SSSR count). The zero-order valence-electron chi connectivity index (χ0n) is 13.4. The summed E-state index contributed by atoms with van der Waals surface area (Å²) in [6.45, 7) is 0.529. The molecule has 1 aliphatic rings. The molecule has 2 amide bonds. The molecule has 0 aromatic heterocycles. The molecule has 1 fully saturated rings. The number of rotatable bonds is 4. The maximum Gasteiger partial charge on any atom is 0.306 e. The number of carboxylic acids is 1. The van der Waals surface area contributed by atoms with Crippen LogP contribution >= 0.6 is 0 Å². The Morgan fingerprint density at radius 1 is 1.24 bits per heavy atom. The Balaban J connectivity index is 1.99. The van der Waals surface area contributed by atoms with Crippen molar-refractivity contribution in [2.45, 2.75) is 12.8 Å². The van der Waals surface area contributed by atoms with E-state index >= 15 is 0 Å². The van der Waals surface area contributed by atoms with Gasteiger partial charge in [0.1, 0.15) is 11.6 Å². The van der Waals surface area contributed by atoms with Crippen molar-refractivity contribution >= 4 is 23.5 Å². The predicted molar refractivity (Wildman–Crippen MR) is 89.0 cm³/mol. The van der Waals surface area contributed by atoms with E-state index in [4.69, 9.17) is 16.1 Å². The second-order valence-electron chi connectivity index (χ2n) is 5.67. The van der Waals surface area contributed by atoms with E-state index in [9.17, 15) is 14.4 Å². The molecule has 8 heteroatoms. The highest BCUT2D eigenvalue weighted by Crippen LogP contribution is 2.18. The van der Waals surface area contributed by atoms with Gasteiger partial charge in [-0.05, 0) is 37.1 Å². The number of nitrogens with zero attached hydrogens (tertiary/aromatic N) is 2. The molecule has 0 spiro atoms. The van der Waals surface area contributed by atoms with E-state index in [0.717, 1.165) is 6.20 Å². The lowest BCUT2D eigenvalue weighted by Crippen LogP contribution is -2.41. The number of amides is 2. The van der Waals surface area contributed by atoms with E-state index in [1.807, 2.05) is 0 Å². The number of anilines is 1. The second kappa shape index (κ2) is 7.97. The lowest BCUT2D eigenvalue weighted by molar-refractivity contribution is -0.145. The maximum absolute atomic E-state index is 12.3. The second-order valence-corrected chi connectivity index (χ2v) is 5.67. The van der Waals surface area contributed by atoms with Gasteiger partial charge in [0.25, 0.3) is 11.8 Å². The Labute approximate surface area is 144 Å². The fraction of sp³-hybridized carbons (Fsp3) is 0.294. The van der Waals surface area contributed by atoms with Gasteiger partial charge in [0.15, 0.2) is 0 Å². The van der Waals surface area contributed by atoms with Crippen LogP contribution in [0, 0.1) is 17.2 Å². The van der Waals surface area contributed by atoms with Crippen LogP contribution in [0.1, 0.15) is 23.2 Å². The summed E-state index contributed by atoms with van der Waals surface area (Å²) in [5.41, 5.74) is 6.20. The number of nitriles is 1. The lowest BCUT2D eigenvalue weighted by Gasteiger charge is -2.29. The van der Waals surface area contributed by atoms with E-state index in [1.54, 1.807) is 18.2 Å². The summed E-state index contributed by atoms with van der Waals surface area (Å²) < 4.78 is 0. The van der Waals surface area contributed by atoms with Gasteiger partial charge in [-0.2, -0.15) is 5.26 Å². The van der Waals surface area contributed by atoms with Gasteiger partial charge in [-0.3, -0.25) is 14.4 Å². The molecule has 130 valence electrons.